The van der Waals surface area contributed by atoms with Crippen molar-refractivity contribution in [3.63, 3.8) is 0 Å². The maximum Gasteiger partial charge on any atom is 0.252 e. The Balaban J connectivity index is 1.95. The minimum atomic E-state index is -0.281. The Labute approximate surface area is 105 Å². The molecule has 5 nitrogen and oxygen atoms in total. The molecule has 1 aliphatic heterocycles. The highest BCUT2D eigenvalue weighted by molar-refractivity contribution is 6.01. The first-order chi connectivity index (χ1) is 8.70. The van der Waals surface area contributed by atoms with Crippen LogP contribution >= 0.6 is 0 Å². The topological polar surface area (TPSA) is 75.3 Å². The molecule has 1 fully saturated rings. The first kappa shape index (κ1) is 12.3. The van der Waals surface area contributed by atoms with Crippen LogP contribution in [0.5, 0.6) is 0 Å². The molecule has 1 saturated heterocycles. The van der Waals surface area contributed by atoms with Crippen LogP contribution in [-0.2, 0) is 4.79 Å². The van der Waals surface area contributed by atoms with Crippen LogP contribution < -0.4 is 10.6 Å². The second-order valence-corrected chi connectivity index (χ2v) is 4.29. The summed E-state index contributed by atoms with van der Waals surface area (Å²) in [5.41, 5.74) is 0.736. The van der Waals surface area contributed by atoms with Gasteiger partial charge in [0.1, 0.15) is 0 Å². The van der Waals surface area contributed by atoms with Crippen LogP contribution in [0, 0.1) is 5.92 Å². The normalized spacial score (nSPS) is 18.2. The summed E-state index contributed by atoms with van der Waals surface area (Å²) in [5, 5.41) is 5.46. The van der Waals surface area contributed by atoms with E-state index in [-0.39, 0.29) is 17.7 Å². The highest BCUT2D eigenvalue weighted by atomic mass is 16.2. The number of benzene rings is 1. The van der Waals surface area contributed by atoms with E-state index in [9.17, 15) is 14.4 Å². The predicted molar refractivity (Wildman–Crippen MR) is 65.3 cm³/mol. The summed E-state index contributed by atoms with van der Waals surface area (Å²) >= 11 is 0. The summed E-state index contributed by atoms with van der Waals surface area (Å²) in [5.74, 6) is -0.135. The number of carbonyl (C=O) groups excluding carboxylic acids is 3. The molecule has 0 bridgehead atoms. The summed E-state index contributed by atoms with van der Waals surface area (Å²) in [6, 6.07) is 6.63. The van der Waals surface area contributed by atoms with Gasteiger partial charge in [0, 0.05) is 36.6 Å². The van der Waals surface area contributed by atoms with Gasteiger partial charge in [-0.1, -0.05) is 18.2 Å². The number of hydrogen-bond donors (Lipinski definition) is 2. The fourth-order valence-corrected chi connectivity index (χ4v) is 1.95. The molecule has 1 heterocycles. The maximum atomic E-state index is 11.9. The summed E-state index contributed by atoms with van der Waals surface area (Å²) in [6.45, 7) is 1.03. The average molecular weight is 246 g/mol. The molecule has 1 aromatic rings. The third kappa shape index (κ3) is 2.74. The zero-order valence-corrected chi connectivity index (χ0v) is 9.81. The Morgan fingerprint density at radius 1 is 1.44 bits per heavy atom. The average Bonchev–Trinajstić information content (AvgIpc) is 2.81. The lowest BCUT2D eigenvalue weighted by molar-refractivity contribution is -0.119. The molecule has 5 heteroatoms. The standard InChI is InChI=1S/C13H14N2O3/c16-8-10-3-1-2-4-11(10)13(18)15-7-9-5-12(17)14-6-9/h1-4,8-9H,5-7H2,(H,14,17)(H,15,18)/t9-/m0/s1. The van der Waals surface area contributed by atoms with Crippen molar-refractivity contribution < 1.29 is 14.4 Å². The minimum Gasteiger partial charge on any atom is -0.356 e. The van der Waals surface area contributed by atoms with E-state index in [1.165, 1.54) is 0 Å². The molecule has 0 spiro atoms. The van der Waals surface area contributed by atoms with E-state index >= 15 is 0 Å². The lowest BCUT2D eigenvalue weighted by Crippen LogP contribution is -2.30. The molecule has 0 unspecified atom stereocenters. The molecule has 2 amide bonds. The van der Waals surface area contributed by atoms with Crippen molar-refractivity contribution in [3.05, 3.63) is 35.4 Å². The number of aldehydes is 1. The summed E-state index contributed by atoms with van der Waals surface area (Å²) in [4.78, 5) is 33.7. The van der Waals surface area contributed by atoms with Crippen molar-refractivity contribution in [3.8, 4) is 0 Å². The fraction of sp³-hybridized carbons (Fsp3) is 0.308. The third-order valence-corrected chi connectivity index (χ3v) is 2.95. The van der Waals surface area contributed by atoms with Crippen LogP contribution in [0.2, 0.25) is 0 Å². The number of amides is 2. The molecule has 2 N–H and O–H groups in total. The second-order valence-electron chi connectivity index (χ2n) is 4.29. The van der Waals surface area contributed by atoms with E-state index in [1.807, 2.05) is 0 Å². The molecule has 1 aliphatic rings. The van der Waals surface area contributed by atoms with Crippen molar-refractivity contribution >= 4 is 18.1 Å². The van der Waals surface area contributed by atoms with E-state index in [0.717, 1.165) is 0 Å². The quantitative estimate of drug-likeness (QED) is 0.753. The molecule has 0 radical (unpaired) electrons. The van der Waals surface area contributed by atoms with Gasteiger partial charge in [-0.2, -0.15) is 0 Å². The molecule has 0 aliphatic carbocycles. The molecule has 1 atom stereocenters. The van der Waals surface area contributed by atoms with Crippen LogP contribution in [0.1, 0.15) is 27.1 Å². The number of rotatable bonds is 4. The maximum absolute atomic E-state index is 11.9. The first-order valence-electron chi connectivity index (χ1n) is 5.80. The molecule has 2 rings (SSSR count). The Morgan fingerprint density at radius 3 is 2.89 bits per heavy atom. The number of hydrogen-bond acceptors (Lipinski definition) is 3. The number of carbonyl (C=O) groups is 3. The van der Waals surface area contributed by atoms with E-state index in [2.05, 4.69) is 10.6 Å². The van der Waals surface area contributed by atoms with E-state index in [1.54, 1.807) is 24.3 Å². The van der Waals surface area contributed by atoms with Crippen LogP contribution in [0.4, 0.5) is 0 Å². The van der Waals surface area contributed by atoms with Crippen LogP contribution in [0.25, 0.3) is 0 Å². The van der Waals surface area contributed by atoms with Gasteiger partial charge in [0.05, 0.1) is 0 Å². The summed E-state index contributed by atoms with van der Waals surface area (Å²) in [7, 11) is 0. The molecule has 18 heavy (non-hydrogen) atoms. The Bertz CT molecular complexity index is 485. The predicted octanol–water partition coefficient (Wildman–Crippen LogP) is 0.365. The highest BCUT2D eigenvalue weighted by Gasteiger charge is 2.22. The van der Waals surface area contributed by atoms with Gasteiger partial charge in [-0.3, -0.25) is 14.4 Å². The van der Waals surface area contributed by atoms with Crippen LogP contribution in [-0.4, -0.2) is 31.2 Å². The molecule has 0 aromatic heterocycles. The van der Waals surface area contributed by atoms with Crippen molar-refractivity contribution in [2.24, 2.45) is 5.92 Å². The summed E-state index contributed by atoms with van der Waals surface area (Å²) in [6.07, 6.45) is 1.10. The smallest absolute Gasteiger partial charge is 0.252 e. The van der Waals surface area contributed by atoms with Gasteiger partial charge in [0.25, 0.3) is 5.91 Å². The number of nitrogens with one attached hydrogen (secondary N) is 2. The molecular weight excluding hydrogens is 232 g/mol. The van der Waals surface area contributed by atoms with Gasteiger partial charge >= 0.3 is 0 Å². The van der Waals surface area contributed by atoms with Crippen LogP contribution in [0.3, 0.4) is 0 Å². The van der Waals surface area contributed by atoms with Crippen LogP contribution in [0.15, 0.2) is 24.3 Å². The Kier molecular flexibility index (Phi) is 3.72. The minimum absolute atomic E-state index is 0.0162. The van der Waals surface area contributed by atoms with E-state index in [4.69, 9.17) is 0 Å². The zero-order valence-electron chi connectivity index (χ0n) is 9.81. The van der Waals surface area contributed by atoms with Gasteiger partial charge < -0.3 is 10.6 Å². The van der Waals surface area contributed by atoms with Gasteiger partial charge in [0.15, 0.2) is 6.29 Å². The molecule has 94 valence electrons. The van der Waals surface area contributed by atoms with Gasteiger partial charge in [-0.15, -0.1) is 0 Å². The van der Waals surface area contributed by atoms with Crippen molar-refractivity contribution in [2.45, 2.75) is 6.42 Å². The second kappa shape index (κ2) is 5.44. The fourth-order valence-electron chi connectivity index (χ4n) is 1.95. The first-order valence-corrected chi connectivity index (χ1v) is 5.80. The zero-order chi connectivity index (χ0) is 13.0. The highest BCUT2D eigenvalue weighted by Crippen LogP contribution is 2.09. The van der Waals surface area contributed by atoms with Gasteiger partial charge in [-0.05, 0) is 6.07 Å². The molecular formula is C13H14N2O3. The van der Waals surface area contributed by atoms with E-state index in [0.29, 0.717) is 36.9 Å². The SMILES string of the molecule is O=Cc1ccccc1C(=O)NC[C@@H]1CNC(=O)C1. The van der Waals surface area contributed by atoms with Gasteiger partial charge in [-0.25, -0.2) is 0 Å². The van der Waals surface area contributed by atoms with E-state index < -0.39 is 0 Å². The molecule has 1 aromatic carbocycles. The summed E-state index contributed by atoms with van der Waals surface area (Å²) < 4.78 is 0. The lowest BCUT2D eigenvalue weighted by Gasteiger charge is -2.10. The monoisotopic (exact) mass is 246 g/mol. The Morgan fingerprint density at radius 2 is 2.22 bits per heavy atom. The largest absolute Gasteiger partial charge is 0.356 e. The Hall–Kier alpha value is -2.17. The lowest BCUT2D eigenvalue weighted by atomic mass is 10.1. The third-order valence-electron chi connectivity index (χ3n) is 2.95. The van der Waals surface area contributed by atoms with Crippen molar-refractivity contribution in [1.82, 2.24) is 10.6 Å². The molecule has 0 saturated carbocycles. The van der Waals surface area contributed by atoms with Gasteiger partial charge in [0.2, 0.25) is 5.91 Å². The van der Waals surface area contributed by atoms with Crippen molar-refractivity contribution in [2.75, 3.05) is 13.1 Å². The van der Waals surface area contributed by atoms with Crippen molar-refractivity contribution in [1.29, 1.82) is 0 Å².